The van der Waals surface area contributed by atoms with Crippen LogP contribution in [-0.2, 0) is 11.2 Å². The number of fused-ring (bicyclic) bond motifs is 1. The molecule has 110 valence electrons. The molecule has 3 nitrogen and oxygen atoms in total. The molecule has 3 rings (SSSR count). The highest BCUT2D eigenvalue weighted by atomic mass is 16.5. The van der Waals surface area contributed by atoms with E-state index in [4.69, 9.17) is 9.47 Å². The number of aryl methyl sites for hydroxylation is 1. The molecule has 0 amide bonds. The minimum absolute atomic E-state index is 0.506. The first kappa shape index (κ1) is 13.9. The standard InChI is InChI=1S/C17H25NO2/c1-19-15-7-8-16-14(10-15)5-2-6-17(16)18-11-13-4-3-9-20-12-13/h7-8,10,13,17-18H,2-6,9,11-12H2,1H3. The first-order chi connectivity index (χ1) is 9.86. The minimum Gasteiger partial charge on any atom is -0.497 e. The highest BCUT2D eigenvalue weighted by Crippen LogP contribution is 2.32. The monoisotopic (exact) mass is 275 g/mol. The summed E-state index contributed by atoms with van der Waals surface area (Å²) < 4.78 is 10.9. The molecule has 1 heterocycles. The fourth-order valence-electron chi connectivity index (χ4n) is 3.41. The second kappa shape index (κ2) is 6.59. The molecule has 1 aromatic rings. The van der Waals surface area contributed by atoms with Gasteiger partial charge in [-0.05, 0) is 61.3 Å². The molecule has 0 radical (unpaired) electrons. The molecule has 2 atom stereocenters. The largest absolute Gasteiger partial charge is 0.497 e. The zero-order chi connectivity index (χ0) is 13.8. The molecule has 0 aromatic heterocycles. The molecular weight excluding hydrogens is 250 g/mol. The summed E-state index contributed by atoms with van der Waals surface area (Å²) in [5, 5.41) is 3.76. The third-order valence-electron chi connectivity index (χ3n) is 4.57. The average Bonchev–Trinajstić information content (AvgIpc) is 2.53. The second-order valence-corrected chi connectivity index (χ2v) is 6.00. The molecule has 3 heteroatoms. The van der Waals surface area contributed by atoms with Gasteiger partial charge in [-0.2, -0.15) is 0 Å². The van der Waals surface area contributed by atoms with Gasteiger partial charge in [-0.3, -0.25) is 0 Å². The Balaban J connectivity index is 1.63. The highest BCUT2D eigenvalue weighted by molar-refractivity contribution is 5.39. The van der Waals surface area contributed by atoms with E-state index in [-0.39, 0.29) is 0 Å². The molecule has 1 aliphatic heterocycles. The summed E-state index contributed by atoms with van der Waals surface area (Å²) in [6.07, 6.45) is 6.20. The average molecular weight is 275 g/mol. The van der Waals surface area contributed by atoms with Crippen LogP contribution in [0, 0.1) is 5.92 Å². The first-order valence-electron chi connectivity index (χ1n) is 7.85. The van der Waals surface area contributed by atoms with Crippen LogP contribution in [0.3, 0.4) is 0 Å². The lowest BCUT2D eigenvalue weighted by molar-refractivity contribution is 0.0535. The van der Waals surface area contributed by atoms with E-state index in [0.29, 0.717) is 12.0 Å². The number of nitrogens with one attached hydrogen (secondary N) is 1. The summed E-state index contributed by atoms with van der Waals surface area (Å²) in [5.74, 6) is 1.66. The van der Waals surface area contributed by atoms with Gasteiger partial charge in [0.05, 0.1) is 13.7 Å². The predicted molar refractivity (Wildman–Crippen MR) is 80.2 cm³/mol. The van der Waals surface area contributed by atoms with Crippen LogP contribution in [0.1, 0.15) is 42.9 Å². The van der Waals surface area contributed by atoms with E-state index in [1.165, 1.54) is 43.2 Å². The van der Waals surface area contributed by atoms with Crippen LogP contribution in [0.15, 0.2) is 18.2 Å². The van der Waals surface area contributed by atoms with Crippen molar-refractivity contribution in [1.82, 2.24) is 5.32 Å². The molecule has 0 saturated carbocycles. The SMILES string of the molecule is COc1ccc2c(c1)CCCC2NCC1CCCOC1. The maximum Gasteiger partial charge on any atom is 0.119 e. The number of hydrogen-bond acceptors (Lipinski definition) is 3. The van der Waals surface area contributed by atoms with E-state index < -0.39 is 0 Å². The van der Waals surface area contributed by atoms with Crippen molar-refractivity contribution in [3.8, 4) is 5.75 Å². The lowest BCUT2D eigenvalue weighted by atomic mass is 9.87. The van der Waals surface area contributed by atoms with Crippen LogP contribution < -0.4 is 10.1 Å². The van der Waals surface area contributed by atoms with Crippen molar-refractivity contribution < 1.29 is 9.47 Å². The van der Waals surface area contributed by atoms with E-state index >= 15 is 0 Å². The fraction of sp³-hybridized carbons (Fsp3) is 0.647. The first-order valence-corrected chi connectivity index (χ1v) is 7.85. The summed E-state index contributed by atoms with van der Waals surface area (Å²) in [7, 11) is 1.74. The van der Waals surface area contributed by atoms with E-state index in [2.05, 4.69) is 23.5 Å². The van der Waals surface area contributed by atoms with Crippen molar-refractivity contribution in [2.24, 2.45) is 5.92 Å². The van der Waals surface area contributed by atoms with Gasteiger partial charge in [0.25, 0.3) is 0 Å². The van der Waals surface area contributed by atoms with Crippen molar-refractivity contribution in [3.63, 3.8) is 0 Å². The number of hydrogen-bond donors (Lipinski definition) is 1. The Kier molecular flexibility index (Phi) is 4.58. The third-order valence-corrected chi connectivity index (χ3v) is 4.57. The topological polar surface area (TPSA) is 30.5 Å². The third kappa shape index (κ3) is 3.15. The van der Waals surface area contributed by atoms with E-state index in [1.54, 1.807) is 7.11 Å². The predicted octanol–water partition coefficient (Wildman–Crippen LogP) is 3.09. The van der Waals surface area contributed by atoms with Gasteiger partial charge in [0.1, 0.15) is 5.75 Å². The van der Waals surface area contributed by atoms with Crippen LogP contribution in [0.25, 0.3) is 0 Å². The highest BCUT2D eigenvalue weighted by Gasteiger charge is 2.22. The van der Waals surface area contributed by atoms with Gasteiger partial charge in [-0.25, -0.2) is 0 Å². The summed E-state index contributed by atoms with van der Waals surface area (Å²) in [5.41, 5.74) is 2.92. The van der Waals surface area contributed by atoms with Gasteiger partial charge in [0.15, 0.2) is 0 Å². The molecule has 1 fully saturated rings. The summed E-state index contributed by atoms with van der Waals surface area (Å²) in [6, 6.07) is 7.03. The van der Waals surface area contributed by atoms with E-state index in [9.17, 15) is 0 Å². The van der Waals surface area contributed by atoms with Crippen molar-refractivity contribution in [3.05, 3.63) is 29.3 Å². The van der Waals surface area contributed by atoms with Crippen LogP contribution in [0.4, 0.5) is 0 Å². The Hall–Kier alpha value is -1.06. The number of benzene rings is 1. The molecule has 0 bridgehead atoms. The minimum atomic E-state index is 0.506. The number of rotatable bonds is 4. The van der Waals surface area contributed by atoms with E-state index in [1.807, 2.05) is 0 Å². The molecule has 0 spiro atoms. The van der Waals surface area contributed by atoms with Crippen molar-refractivity contribution >= 4 is 0 Å². The van der Waals surface area contributed by atoms with Gasteiger partial charge in [-0.15, -0.1) is 0 Å². The molecule has 1 N–H and O–H groups in total. The summed E-state index contributed by atoms with van der Waals surface area (Å²) in [4.78, 5) is 0. The quantitative estimate of drug-likeness (QED) is 0.916. The second-order valence-electron chi connectivity index (χ2n) is 6.00. The van der Waals surface area contributed by atoms with Gasteiger partial charge >= 0.3 is 0 Å². The lowest BCUT2D eigenvalue weighted by Gasteiger charge is -2.30. The van der Waals surface area contributed by atoms with Gasteiger partial charge in [-0.1, -0.05) is 6.07 Å². The molecule has 1 aliphatic carbocycles. The normalized spacial score (nSPS) is 26.1. The van der Waals surface area contributed by atoms with Gasteiger partial charge < -0.3 is 14.8 Å². The Morgan fingerprint density at radius 2 is 2.25 bits per heavy atom. The van der Waals surface area contributed by atoms with Crippen LogP contribution in [0.2, 0.25) is 0 Å². The number of methoxy groups -OCH3 is 1. The summed E-state index contributed by atoms with van der Waals surface area (Å²) in [6.45, 7) is 2.95. The van der Waals surface area contributed by atoms with E-state index in [0.717, 1.165) is 25.5 Å². The fourth-order valence-corrected chi connectivity index (χ4v) is 3.41. The Labute approximate surface area is 121 Å². The zero-order valence-electron chi connectivity index (χ0n) is 12.4. The van der Waals surface area contributed by atoms with Crippen molar-refractivity contribution in [1.29, 1.82) is 0 Å². The smallest absolute Gasteiger partial charge is 0.119 e. The Morgan fingerprint density at radius 3 is 3.05 bits per heavy atom. The number of ether oxygens (including phenoxy) is 2. The molecule has 1 saturated heterocycles. The Morgan fingerprint density at radius 1 is 1.30 bits per heavy atom. The molecule has 20 heavy (non-hydrogen) atoms. The van der Waals surface area contributed by atoms with Gasteiger partial charge in [0.2, 0.25) is 0 Å². The van der Waals surface area contributed by atoms with Crippen LogP contribution >= 0.6 is 0 Å². The van der Waals surface area contributed by atoms with Crippen molar-refractivity contribution in [2.45, 2.75) is 38.1 Å². The summed E-state index contributed by atoms with van der Waals surface area (Å²) >= 11 is 0. The van der Waals surface area contributed by atoms with Crippen LogP contribution in [-0.4, -0.2) is 26.9 Å². The molecule has 1 aromatic carbocycles. The molecule has 2 unspecified atom stereocenters. The van der Waals surface area contributed by atoms with Crippen molar-refractivity contribution in [2.75, 3.05) is 26.9 Å². The van der Waals surface area contributed by atoms with Gasteiger partial charge in [0, 0.05) is 19.2 Å². The lowest BCUT2D eigenvalue weighted by Crippen LogP contribution is -2.33. The zero-order valence-corrected chi connectivity index (χ0v) is 12.4. The Bertz CT molecular complexity index is 441. The van der Waals surface area contributed by atoms with Crippen LogP contribution in [0.5, 0.6) is 5.75 Å². The molecule has 2 aliphatic rings. The maximum atomic E-state index is 5.57. The molecular formula is C17H25NO2. The maximum absolute atomic E-state index is 5.57.